The summed E-state index contributed by atoms with van der Waals surface area (Å²) in [5.41, 5.74) is 2.50. The van der Waals surface area contributed by atoms with Gasteiger partial charge in [-0.2, -0.15) is 0 Å². The predicted octanol–water partition coefficient (Wildman–Crippen LogP) is 3.45. The van der Waals surface area contributed by atoms with Crippen molar-refractivity contribution in [1.29, 1.82) is 0 Å². The normalized spacial score (nSPS) is 12.2. The number of carbonyl (C=O) groups is 1. The van der Waals surface area contributed by atoms with Crippen molar-refractivity contribution in [2.45, 2.75) is 39.3 Å². The first kappa shape index (κ1) is 19.7. The van der Waals surface area contributed by atoms with Crippen molar-refractivity contribution < 1.29 is 14.3 Å². The van der Waals surface area contributed by atoms with Crippen LogP contribution in [0.15, 0.2) is 36.5 Å². The van der Waals surface area contributed by atoms with Crippen LogP contribution in [0.2, 0.25) is 0 Å². The molecule has 0 saturated carbocycles. The van der Waals surface area contributed by atoms with Crippen LogP contribution in [-0.4, -0.2) is 34.7 Å². The van der Waals surface area contributed by atoms with Crippen molar-refractivity contribution >= 4 is 17.1 Å². The average Bonchev–Trinajstić information content (AvgIpc) is 3.07. The smallest absolute Gasteiger partial charge is 0.224 e. The van der Waals surface area contributed by atoms with E-state index in [-0.39, 0.29) is 24.4 Å². The lowest BCUT2D eigenvalue weighted by atomic mass is 10.1. The fourth-order valence-corrected chi connectivity index (χ4v) is 3.29. The minimum absolute atomic E-state index is 0.0879. The molecule has 1 amide bonds. The number of benzene rings is 1. The molecule has 7 heteroatoms. The number of methoxy groups -OCH3 is 2. The summed E-state index contributed by atoms with van der Waals surface area (Å²) in [6.07, 6.45) is 2.00. The van der Waals surface area contributed by atoms with E-state index in [2.05, 4.69) is 28.7 Å². The van der Waals surface area contributed by atoms with Crippen LogP contribution in [0.5, 0.6) is 11.5 Å². The van der Waals surface area contributed by atoms with Crippen molar-refractivity contribution in [1.82, 2.24) is 19.9 Å². The molecule has 1 atom stereocenters. The molecule has 3 aromatic rings. The zero-order valence-corrected chi connectivity index (χ0v) is 16.9. The van der Waals surface area contributed by atoms with Crippen molar-refractivity contribution in [3.8, 4) is 11.5 Å². The number of fused-ring (bicyclic) bond motifs is 1. The van der Waals surface area contributed by atoms with E-state index in [0.29, 0.717) is 11.5 Å². The monoisotopic (exact) mass is 382 g/mol. The second-order valence-corrected chi connectivity index (χ2v) is 6.94. The Labute approximate surface area is 164 Å². The Morgan fingerprint density at radius 3 is 2.57 bits per heavy atom. The lowest BCUT2D eigenvalue weighted by Gasteiger charge is -2.18. The van der Waals surface area contributed by atoms with Gasteiger partial charge in [0.1, 0.15) is 11.3 Å². The highest BCUT2D eigenvalue weighted by Crippen LogP contribution is 2.28. The van der Waals surface area contributed by atoms with E-state index in [0.717, 1.165) is 22.6 Å². The number of ether oxygens (including phenoxy) is 2. The average molecular weight is 382 g/mol. The number of rotatable bonds is 7. The number of nitrogens with one attached hydrogen (secondary N) is 1. The van der Waals surface area contributed by atoms with Crippen LogP contribution < -0.4 is 14.8 Å². The largest absolute Gasteiger partial charge is 0.493 e. The highest BCUT2D eigenvalue weighted by molar-refractivity contribution is 5.79. The molecule has 0 spiro atoms. The first-order chi connectivity index (χ1) is 13.4. The van der Waals surface area contributed by atoms with Gasteiger partial charge in [0.2, 0.25) is 5.91 Å². The topological polar surface area (TPSA) is 78.3 Å². The zero-order valence-electron chi connectivity index (χ0n) is 16.9. The maximum Gasteiger partial charge on any atom is 0.224 e. The van der Waals surface area contributed by atoms with Crippen LogP contribution >= 0.6 is 0 Å². The van der Waals surface area contributed by atoms with Crippen LogP contribution in [-0.2, 0) is 11.2 Å². The van der Waals surface area contributed by atoms with Gasteiger partial charge < -0.3 is 19.4 Å². The standard InChI is InChI=1S/C21H26N4O3/c1-13(2)25-20(24-16-7-6-10-22-21(16)25)14(3)23-19(26)12-15-8-9-17(27-4)18(11-15)28-5/h6-11,13-14H,12H2,1-5H3,(H,23,26). The summed E-state index contributed by atoms with van der Waals surface area (Å²) in [6.45, 7) is 6.10. The molecule has 1 unspecified atom stereocenters. The molecule has 2 heterocycles. The molecule has 0 aliphatic carbocycles. The van der Waals surface area contributed by atoms with E-state index >= 15 is 0 Å². The first-order valence-corrected chi connectivity index (χ1v) is 9.27. The van der Waals surface area contributed by atoms with Gasteiger partial charge in [0, 0.05) is 12.2 Å². The Morgan fingerprint density at radius 2 is 1.89 bits per heavy atom. The third kappa shape index (κ3) is 3.93. The number of nitrogens with zero attached hydrogens (tertiary/aromatic N) is 3. The van der Waals surface area contributed by atoms with Gasteiger partial charge >= 0.3 is 0 Å². The Balaban J connectivity index is 1.78. The van der Waals surface area contributed by atoms with E-state index in [1.165, 1.54) is 0 Å². The Bertz CT molecular complexity index is 981. The van der Waals surface area contributed by atoms with Crippen LogP contribution in [0.1, 0.15) is 44.2 Å². The van der Waals surface area contributed by atoms with Crippen LogP contribution in [0.3, 0.4) is 0 Å². The van der Waals surface area contributed by atoms with Crippen molar-refractivity contribution in [3.63, 3.8) is 0 Å². The molecule has 7 nitrogen and oxygen atoms in total. The van der Waals surface area contributed by atoms with E-state index in [1.54, 1.807) is 26.5 Å². The van der Waals surface area contributed by atoms with Crippen molar-refractivity contribution in [2.75, 3.05) is 14.2 Å². The van der Waals surface area contributed by atoms with Crippen molar-refractivity contribution in [2.24, 2.45) is 0 Å². The van der Waals surface area contributed by atoms with Crippen molar-refractivity contribution in [3.05, 3.63) is 47.9 Å². The van der Waals surface area contributed by atoms with Gasteiger partial charge in [-0.15, -0.1) is 0 Å². The molecule has 1 N–H and O–H groups in total. The molecule has 2 aromatic heterocycles. The van der Waals surface area contributed by atoms with Gasteiger partial charge in [0.25, 0.3) is 0 Å². The number of aromatic nitrogens is 3. The number of pyridine rings is 1. The first-order valence-electron chi connectivity index (χ1n) is 9.27. The summed E-state index contributed by atoms with van der Waals surface area (Å²) >= 11 is 0. The highest BCUT2D eigenvalue weighted by Gasteiger charge is 2.21. The van der Waals surface area contributed by atoms with Crippen LogP contribution in [0.25, 0.3) is 11.2 Å². The number of imidazole rings is 1. The number of carbonyl (C=O) groups excluding carboxylic acids is 1. The molecule has 0 aliphatic heterocycles. The summed E-state index contributed by atoms with van der Waals surface area (Å²) in [5, 5.41) is 3.04. The lowest BCUT2D eigenvalue weighted by molar-refractivity contribution is -0.121. The molecule has 0 saturated heterocycles. The molecule has 148 valence electrons. The number of hydrogen-bond donors (Lipinski definition) is 1. The second-order valence-electron chi connectivity index (χ2n) is 6.94. The molecular formula is C21H26N4O3. The third-order valence-electron chi connectivity index (χ3n) is 4.57. The van der Waals surface area contributed by atoms with E-state index < -0.39 is 0 Å². The van der Waals surface area contributed by atoms with Gasteiger partial charge in [-0.25, -0.2) is 9.97 Å². The summed E-state index contributed by atoms with van der Waals surface area (Å²) in [5.74, 6) is 1.95. The van der Waals surface area contributed by atoms with Gasteiger partial charge in [0.15, 0.2) is 17.1 Å². The van der Waals surface area contributed by atoms with Gasteiger partial charge in [-0.3, -0.25) is 4.79 Å². The van der Waals surface area contributed by atoms with Crippen LogP contribution in [0.4, 0.5) is 0 Å². The van der Waals surface area contributed by atoms with E-state index in [9.17, 15) is 4.79 Å². The molecular weight excluding hydrogens is 356 g/mol. The van der Waals surface area contributed by atoms with Gasteiger partial charge in [-0.1, -0.05) is 6.07 Å². The molecule has 1 aromatic carbocycles. The summed E-state index contributed by atoms with van der Waals surface area (Å²) in [6, 6.07) is 9.21. The maximum atomic E-state index is 12.6. The maximum absolute atomic E-state index is 12.6. The fourth-order valence-electron chi connectivity index (χ4n) is 3.29. The quantitative estimate of drug-likeness (QED) is 0.677. The summed E-state index contributed by atoms with van der Waals surface area (Å²) in [7, 11) is 3.16. The van der Waals surface area contributed by atoms with E-state index in [4.69, 9.17) is 14.5 Å². The molecule has 0 aliphatic rings. The third-order valence-corrected chi connectivity index (χ3v) is 4.57. The minimum atomic E-state index is -0.246. The number of amides is 1. The SMILES string of the molecule is COc1ccc(CC(=O)NC(C)c2nc3cccnc3n2C(C)C)cc1OC. The van der Waals surface area contributed by atoms with Gasteiger partial charge in [-0.05, 0) is 50.6 Å². The lowest BCUT2D eigenvalue weighted by Crippen LogP contribution is -2.30. The Hall–Kier alpha value is -3.09. The zero-order chi connectivity index (χ0) is 20.3. The molecule has 0 bridgehead atoms. The molecule has 28 heavy (non-hydrogen) atoms. The minimum Gasteiger partial charge on any atom is -0.493 e. The molecule has 0 radical (unpaired) electrons. The molecule has 0 fully saturated rings. The number of hydrogen-bond acceptors (Lipinski definition) is 5. The van der Waals surface area contributed by atoms with E-state index in [1.807, 2.05) is 31.2 Å². The Kier molecular flexibility index (Phi) is 5.82. The second kappa shape index (κ2) is 8.29. The van der Waals surface area contributed by atoms with Crippen LogP contribution in [0, 0.1) is 0 Å². The Morgan fingerprint density at radius 1 is 1.14 bits per heavy atom. The fraction of sp³-hybridized carbons (Fsp3) is 0.381. The summed E-state index contributed by atoms with van der Waals surface area (Å²) < 4.78 is 12.6. The summed E-state index contributed by atoms with van der Waals surface area (Å²) in [4.78, 5) is 21.8. The highest BCUT2D eigenvalue weighted by atomic mass is 16.5. The molecule has 3 rings (SSSR count). The predicted molar refractivity (Wildman–Crippen MR) is 108 cm³/mol. The van der Waals surface area contributed by atoms with Gasteiger partial charge in [0.05, 0.1) is 26.7 Å².